The number of carboxylic acids is 1. The standard InChI is InChI=1S/C10H9NO3/c12-9-7(10(13)14)4-3-6-2-1-5-11-8(6)9/h1-2,5,7H,3-4H2,(H,13,14). The van der Waals surface area contributed by atoms with Gasteiger partial charge in [-0.05, 0) is 24.5 Å². The molecule has 72 valence electrons. The first-order chi connectivity index (χ1) is 6.70. The van der Waals surface area contributed by atoms with E-state index in [1.807, 2.05) is 6.07 Å². The predicted molar refractivity (Wildman–Crippen MR) is 48.0 cm³/mol. The lowest BCUT2D eigenvalue weighted by Gasteiger charge is -2.18. The summed E-state index contributed by atoms with van der Waals surface area (Å²) in [4.78, 5) is 26.3. The summed E-state index contributed by atoms with van der Waals surface area (Å²) in [5, 5.41) is 8.79. The molecule has 14 heavy (non-hydrogen) atoms. The van der Waals surface area contributed by atoms with E-state index < -0.39 is 11.9 Å². The molecule has 1 aromatic heterocycles. The van der Waals surface area contributed by atoms with Gasteiger partial charge >= 0.3 is 5.97 Å². The fourth-order valence-electron chi connectivity index (χ4n) is 1.69. The number of aryl methyl sites for hydroxylation is 1. The molecule has 0 radical (unpaired) electrons. The molecule has 0 aliphatic heterocycles. The number of rotatable bonds is 1. The molecule has 1 N–H and O–H groups in total. The van der Waals surface area contributed by atoms with Crippen molar-refractivity contribution in [1.82, 2.24) is 4.98 Å². The first-order valence-corrected chi connectivity index (χ1v) is 4.41. The Bertz CT molecular complexity index is 400. The van der Waals surface area contributed by atoms with E-state index in [1.165, 1.54) is 6.20 Å². The summed E-state index contributed by atoms with van der Waals surface area (Å²) < 4.78 is 0. The van der Waals surface area contributed by atoms with Gasteiger partial charge < -0.3 is 5.11 Å². The van der Waals surface area contributed by atoms with Gasteiger partial charge in [0.2, 0.25) is 0 Å². The lowest BCUT2D eigenvalue weighted by molar-refractivity contribution is -0.140. The summed E-state index contributed by atoms with van der Waals surface area (Å²) in [5.74, 6) is -2.32. The maximum absolute atomic E-state index is 11.6. The van der Waals surface area contributed by atoms with Crippen molar-refractivity contribution >= 4 is 11.8 Å². The fraction of sp³-hybridized carbons (Fsp3) is 0.300. The van der Waals surface area contributed by atoms with Crippen LogP contribution in [0.15, 0.2) is 18.3 Å². The second-order valence-electron chi connectivity index (χ2n) is 3.30. The van der Waals surface area contributed by atoms with Gasteiger partial charge in [0, 0.05) is 6.20 Å². The number of Topliss-reactive ketones (excluding diaryl/α,β-unsaturated/α-hetero) is 1. The summed E-state index contributed by atoms with van der Waals surface area (Å²) in [5.41, 5.74) is 1.18. The summed E-state index contributed by atoms with van der Waals surface area (Å²) in [7, 11) is 0. The molecule has 1 heterocycles. The molecule has 0 spiro atoms. The first kappa shape index (κ1) is 8.87. The smallest absolute Gasteiger partial charge is 0.314 e. The topological polar surface area (TPSA) is 67.3 Å². The Morgan fingerprint density at radius 2 is 2.36 bits per heavy atom. The van der Waals surface area contributed by atoms with Crippen molar-refractivity contribution in [2.24, 2.45) is 5.92 Å². The second-order valence-corrected chi connectivity index (χ2v) is 3.30. The minimum Gasteiger partial charge on any atom is -0.481 e. The van der Waals surface area contributed by atoms with Crippen molar-refractivity contribution in [3.05, 3.63) is 29.6 Å². The number of aromatic nitrogens is 1. The van der Waals surface area contributed by atoms with Crippen LogP contribution in [-0.2, 0) is 11.2 Å². The molecule has 1 unspecified atom stereocenters. The van der Waals surface area contributed by atoms with Crippen molar-refractivity contribution in [2.75, 3.05) is 0 Å². The van der Waals surface area contributed by atoms with Gasteiger partial charge in [0.25, 0.3) is 0 Å². The molecule has 2 rings (SSSR count). The maximum atomic E-state index is 11.6. The van der Waals surface area contributed by atoms with Crippen molar-refractivity contribution in [3.8, 4) is 0 Å². The number of nitrogens with zero attached hydrogens (tertiary/aromatic N) is 1. The van der Waals surface area contributed by atoms with Crippen LogP contribution in [0, 0.1) is 5.92 Å². The molecule has 1 aromatic rings. The highest BCUT2D eigenvalue weighted by Gasteiger charge is 2.33. The average molecular weight is 191 g/mol. The second kappa shape index (κ2) is 3.21. The van der Waals surface area contributed by atoms with E-state index in [0.717, 1.165) is 5.56 Å². The number of carboxylic acid groups (broad SMARTS) is 1. The van der Waals surface area contributed by atoms with Crippen LogP contribution in [0.4, 0.5) is 0 Å². The van der Waals surface area contributed by atoms with Crippen LogP contribution < -0.4 is 0 Å². The van der Waals surface area contributed by atoms with Crippen LogP contribution in [0.2, 0.25) is 0 Å². The van der Waals surface area contributed by atoms with Gasteiger partial charge in [-0.25, -0.2) is 0 Å². The number of ketones is 1. The van der Waals surface area contributed by atoms with Crippen LogP contribution in [0.5, 0.6) is 0 Å². The van der Waals surface area contributed by atoms with Crippen LogP contribution in [0.3, 0.4) is 0 Å². The van der Waals surface area contributed by atoms with Crippen molar-refractivity contribution < 1.29 is 14.7 Å². The Morgan fingerprint density at radius 3 is 3.07 bits per heavy atom. The molecule has 1 aliphatic carbocycles. The highest BCUT2D eigenvalue weighted by molar-refractivity contribution is 6.08. The third kappa shape index (κ3) is 1.28. The Hall–Kier alpha value is -1.71. The molecule has 1 atom stereocenters. The van der Waals surface area contributed by atoms with Crippen molar-refractivity contribution in [3.63, 3.8) is 0 Å². The number of fused-ring (bicyclic) bond motifs is 1. The van der Waals surface area contributed by atoms with Gasteiger partial charge in [-0.3, -0.25) is 14.6 Å². The Balaban J connectivity index is 2.41. The van der Waals surface area contributed by atoms with Gasteiger partial charge in [0.1, 0.15) is 11.6 Å². The third-order valence-corrected chi connectivity index (χ3v) is 2.44. The summed E-state index contributed by atoms with van der Waals surface area (Å²) >= 11 is 0. The third-order valence-electron chi connectivity index (χ3n) is 2.44. The minimum atomic E-state index is -1.05. The number of carbonyl (C=O) groups excluding carboxylic acids is 1. The van der Waals surface area contributed by atoms with Gasteiger partial charge in [-0.1, -0.05) is 6.07 Å². The summed E-state index contributed by atoms with van der Waals surface area (Å²) in [6.45, 7) is 0. The van der Waals surface area contributed by atoms with Gasteiger partial charge in [-0.2, -0.15) is 0 Å². The van der Waals surface area contributed by atoms with Crippen molar-refractivity contribution in [1.29, 1.82) is 0 Å². The Labute approximate surface area is 80.6 Å². The highest BCUT2D eigenvalue weighted by atomic mass is 16.4. The molecule has 0 bridgehead atoms. The minimum absolute atomic E-state index is 0.325. The molecule has 0 fully saturated rings. The number of hydrogen-bond donors (Lipinski definition) is 1. The quantitative estimate of drug-likeness (QED) is 0.670. The molecular weight excluding hydrogens is 182 g/mol. The molecule has 0 aromatic carbocycles. The number of hydrogen-bond acceptors (Lipinski definition) is 3. The van der Waals surface area contributed by atoms with E-state index in [0.29, 0.717) is 18.5 Å². The van der Waals surface area contributed by atoms with Crippen LogP contribution >= 0.6 is 0 Å². The molecule has 4 heteroatoms. The van der Waals surface area contributed by atoms with Gasteiger partial charge in [-0.15, -0.1) is 0 Å². The van der Waals surface area contributed by atoms with E-state index >= 15 is 0 Å². The maximum Gasteiger partial charge on any atom is 0.314 e. The molecule has 0 saturated carbocycles. The Morgan fingerprint density at radius 1 is 1.57 bits per heavy atom. The number of aliphatic carboxylic acids is 1. The number of pyridine rings is 1. The van der Waals surface area contributed by atoms with Crippen LogP contribution in [0.25, 0.3) is 0 Å². The van der Waals surface area contributed by atoms with Gasteiger partial charge in [0.05, 0.1) is 0 Å². The van der Waals surface area contributed by atoms with Gasteiger partial charge in [0.15, 0.2) is 5.78 Å². The Kier molecular flexibility index (Phi) is 2.04. The summed E-state index contributed by atoms with van der Waals surface area (Å²) in [6, 6.07) is 3.57. The SMILES string of the molecule is O=C(O)C1CCc2cccnc2C1=O. The molecule has 0 amide bonds. The lowest BCUT2D eigenvalue weighted by atomic mass is 9.86. The lowest BCUT2D eigenvalue weighted by Crippen LogP contribution is -2.30. The monoisotopic (exact) mass is 191 g/mol. The van der Waals surface area contributed by atoms with E-state index in [4.69, 9.17) is 5.11 Å². The number of carbonyl (C=O) groups is 2. The van der Waals surface area contributed by atoms with E-state index in [1.54, 1.807) is 6.07 Å². The molecule has 4 nitrogen and oxygen atoms in total. The fourth-order valence-corrected chi connectivity index (χ4v) is 1.69. The zero-order valence-electron chi connectivity index (χ0n) is 7.43. The molecular formula is C10H9NO3. The van der Waals surface area contributed by atoms with E-state index in [9.17, 15) is 9.59 Å². The predicted octanol–water partition coefficient (Wildman–Crippen LogP) is 0.911. The largest absolute Gasteiger partial charge is 0.481 e. The van der Waals surface area contributed by atoms with Crippen LogP contribution in [0.1, 0.15) is 22.5 Å². The summed E-state index contributed by atoms with van der Waals surface area (Å²) in [6.07, 6.45) is 2.51. The van der Waals surface area contributed by atoms with Crippen LogP contribution in [-0.4, -0.2) is 21.8 Å². The van der Waals surface area contributed by atoms with Crippen molar-refractivity contribution in [2.45, 2.75) is 12.8 Å². The molecule has 1 aliphatic rings. The zero-order valence-corrected chi connectivity index (χ0v) is 7.43. The normalized spacial score (nSPS) is 20.3. The molecule has 0 saturated heterocycles. The highest BCUT2D eigenvalue weighted by Crippen LogP contribution is 2.23. The average Bonchev–Trinajstić information content (AvgIpc) is 2.18. The zero-order chi connectivity index (χ0) is 10.1. The van der Waals surface area contributed by atoms with E-state index in [2.05, 4.69) is 4.98 Å². The van der Waals surface area contributed by atoms with E-state index in [-0.39, 0.29) is 5.78 Å². The first-order valence-electron chi connectivity index (χ1n) is 4.41.